The molecule has 0 aliphatic heterocycles. The molecule has 18 heavy (non-hydrogen) atoms. The van der Waals surface area contributed by atoms with Gasteiger partial charge in [-0.05, 0) is 19.5 Å². The Hall–Kier alpha value is -1.47. The van der Waals surface area contributed by atoms with E-state index in [9.17, 15) is 4.39 Å². The Balaban J connectivity index is 2.47. The van der Waals surface area contributed by atoms with Crippen molar-refractivity contribution in [2.45, 2.75) is 20.3 Å². The largest absolute Gasteiger partial charge is 0.366 e. The molecule has 1 aromatic rings. The number of nitrogen functional groups attached to an aromatic ring is 1. The third-order valence-electron chi connectivity index (χ3n) is 2.58. The highest BCUT2D eigenvalue weighted by molar-refractivity contribution is 5.40. The van der Waals surface area contributed by atoms with Crippen LogP contribution in [-0.4, -0.2) is 41.0 Å². The first kappa shape index (κ1) is 14.6. The zero-order valence-corrected chi connectivity index (χ0v) is 10.9. The molecule has 0 bridgehead atoms. The van der Waals surface area contributed by atoms with Crippen LogP contribution in [0.2, 0.25) is 0 Å². The Morgan fingerprint density at radius 3 is 2.78 bits per heavy atom. The van der Waals surface area contributed by atoms with E-state index in [4.69, 9.17) is 5.84 Å². The number of nitrogens with one attached hydrogen (secondary N) is 2. The minimum atomic E-state index is -0.479. The summed E-state index contributed by atoms with van der Waals surface area (Å²) in [6.45, 7) is 7.75. The van der Waals surface area contributed by atoms with Crippen LogP contribution in [0.4, 0.5) is 16.2 Å². The van der Waals surface area contributed by atoms with E-state index in [1.165, 1.54) is 0 Å². The van der Waals surface area contributed by atoms with E-state index in [0.717, 1.165) is 32.3 Å². The van der Waals surface area contributed by atoms with Crippen LogP contribution in [-0.2, 0) is 0 Å². The number of hydrogen-bond acceptors (Lipinski definition) is 6. The molecule has 1 heterocycles. The Kier molecular flexibility index (Phi) is 6.31. The fraction of sp³-hybridized carbons (Fsp3) is 0.636. The van der Waals surface area contributed by atoms with Gasteiger partial charge in [-0.3, -0.25) is 5.43 Å². The van der Waals surface area contributed by atoms with Crippen molar-refractivity contribution in [3.05, 3.63) is 12.0 Å². The molecule has 4 N–H and O–H groups in total. The molecule has 0 fully saturated rings. The molecule has 0 unspecified atom stereocenters. The molecule has 1 aromatic heterocycles. The van der Waals surface area contributed by atoms with Gasteiger partial charge in [0.2, 0.25) is 5.95 Å². The van der Waals surface area contributed by atoms with Gasteiger partial charge in [0.25, 0.3) is 0 Å². The molecule has 0 saturated heterocycles. The van der Waals surface area contributed by atoms with Gasteiger partial charge >= 0.3 is 0 Å². The lowest BCUT2D eigenvalue weighted by atomic mass is 10.4. The predicted molar refractivity (Wildman–Crippen MR) is 70.7 cm³/mol. The van der Waals surface area contributed by atoms with Crippen LogP contribution < -0.4 is 16.6 Å². The van der Waals surface area contributed by atoms with E-state index < -0.39 is 5.82 Å². The van der Waals surface area contributed by atoms with E-state index >= 15 is 0 Å². The van der Waals surface area contributed by atoms with Gasteiger partial charge in [0.15, 0.2) is 11.6 Å². The Bertz CT molecular complexity index is 359. The van der Waals surface area contributed by atoms with Gasteiger partial charge in [0, 0.05) is 13.1 Å². The highest BCUT2D eigenvalue weighted by Gasteiger charge is 2.06. The number of nitrogens with zero attached hydrogens (tertiary/aromatic N) is 3. The Morgan fingerprint density at radius 1 is 1.39 bits per heavy atom. The fourth-order valence-electron chi connectivity index (χ4n) is 1.64. The summed E-state index contributed by atoms with van der Waals surface area (Å²) in [6.07, 6.45) is 2.20. The number of halogens is 1. The standard InChI is InChI=1S/C11H21FN6/c1-3-6-18(4-2)7-5-14-10-9(12)8-15-11(16-10)17-13/h8H,3-7,13H2,1-2H3,(H2,14,15,16,17). The minimum absolute atomic E-state index is 0.172. The maximum Gasteiger partial charge on any atom is 0.239 e. The van der Waals surface area contributed by atoms with Gasteiger partial charge in [0.1, 0.15) is 0 Å². The quantitative estimate of drug-likeness (QED) is 0.476. The van der Waals surface area contributed by atoms with Crippen molar-refractivity contribution in [3.63, 3.8) is 0 Å². The summed E-state index contributed by atoms with van der Waals surface area (Å²) >= 11 is 0. The average Bonchev–Trinajstić information content (AvgIpc) is 2.39. The Labute approximate surface area is 107 Å². The molecule has 0 spiro atoms. The average molecular weight is 256 g/mol. The van der Waals surface area contributed by atoms with Crippen molar-refractivity contribution in [2.75, 3.05) is 36.9 Å². The molecule has 102 valence electrons. The van der Waals surface area contributed by atoms with Crippen LogP contribution >= 0.6 is 0 Å². The first-order valence-corrected chi connectivity index (χ1v) is 6.16. The van der Waals surface area contributed by atoms with Gasteiger partial charge in [-0.15, -0.1) is 0 Å². The van der Waals surface area contributed by atoms with Crippen LogP contribution in [0.15, 0.2) is 6.20 Å². The lowest BCUT2D eigenvalue weighted by Gasteiger charge is -2.19. The van der Waals surface area contributed by atoms with Crippen LogP contribution in [0, 0.1) is 5.82 Å². The lowest BCUT2D eigenvalue weighted by molar-refractivity contribution is 0.300. The van der Waals surface area contributed by atoms with Crippen LogP contribution in [0.5, 0.6) is 0 Å². The Morgan fingerprint density at radius 2 is 2.17 bits per heavy atom. The number of nitrogens with two attached hydrogens (primary N) is 1. The molecule has 0 aliphatic carbocycles. The third-order valence-corrected chi connectivity index (χ3v) is 2.58. The fourth-order valence-corrected chi connectivity index (χ4v) is 1.64. The minimum Gasteiger partial charge on any atom is -0.366 e. The lowest BCUT2D eigenvalue weighted by Crippen LogP contribution is -2.30. The summed E-state index contributed by atoms with van der Waals surface area (Å²) in [5.74, 6) is 5.06. The molecule has 0 atom stereocenters. The highest BCUT2D eigenvalue weighted by atomic mass is 19.1. The maximum absolute atomic E-state index is 13.4. The summed E-state index contributed by atoms with van der Waals surface area (Å²) in [7, 11) is 0. The maximum atomic E-state index is 13.4. The van der Waals surface area contributed by atoms with E-state index in [0.29, 0.717) is 6.54 Å². The van der Waals surface area contributed by atoms with E-state index in [-0.39, 0.29) is 11.8 Å². The second-order valence-electron chi connectivity index (χ2n) is 3.90. The van der Waals surface area contributed by atoms with Crippen molar-refractivity contribution in [1.82, 2.24) is 14.9 Å². The molecular weight excluding hydrogens is 235 g/mol. The van der Waals surface area contributed by atoms with E-state index in [1.807, 2.05) is 0 Å². The van der Waals surface area contributed by atoms with Gasteiger partial charge in [0.05, 0.1) is 6.20 Å². The van der Waals surface area contributed by atoms with Crippen molar-refractivity contribution in [2.24, 2.45) is 5.84 Å². The molecule has 1 rings (SSSR count). The molecule has 7 heteroatoms. The van der Waals surface area contributed by atoms with Crippen molar-refractivity contribution >= 4 is 11.8 Å². The second-order valence-corrected chi connectivity index (χ2v) is 3.90. The summed E-state index contributed by atoms with van der Waals surface area (Å²) < 4.78 is 13.4. The molecule has 6 nitrogen and oxygen atoms in total. The van der Waals surface area contributed by atoms with Crippen molar-refractivity contribution in [1.29, 1.82) is 0 Å². The summed E-state index contributed by atoms with van der Waals surface area (Å²) in [5.41, 5.74) is 2.29. The smallest absolute Gasteiger partial charge is 0.239 e. The van der Waals surface area contributed by atoms with Crippen LogP contribution in [0.25, 0.3) is 0 Å². The van der Waals surface area contributed by atoms with Crippen LogP contribution in [0.1, 0.15) is 20.3 Å². The topological polar surface area (TPSA) is 79.1 Å². The zero-order chi connectivity index (χ0) is 13.4. The molecule has 0 aliphatic rings. The van der Waals surface area contributed by atoms with Crippen LogP contribution in [0.3, 0.4) is 0 Å². The summed E-state index contributed by atoms with van der Waals surface area (Å²) in [4.78, 5) is 9.87. The number of likely N-dealkylation sites (N-methyl/N-ethyl adjacent to an activating group) is 1. The van der Waals surface area contributed by atoms with E-state index in [2.05, 4.69) is 39.5 Å². The number of aromatic nitrogens is 2. The van der Waals surface area contributed by atoms with Gasteiger partial charge in [-0.2, -0.15) is 4.98 Å². The molecule has 0 radical (unpaired) electrons. The normalized spacial score (nSPS) is 10.7. The molecular formula is C11H21FN6. The van der Waals surface area contributed by atoms with Crippen molar-refractivity contribution < 1.29 is 4.39 Å². The SMILES string of the molecule is CCCN(CC)CCNc1nc(NN)ncc1F. The number of anilines is 2. The van der Waals surface area contributed by atoms with Gasteiger partial charge in [-0.25, -0.2) is 15.2 Å². The predicted octanol–water partition coefficient (Wildman–Crippen LogP) is 1.05. The summed E-state index contributed by atoms with van der Waals surface area (Å²) in [5, 5.41) is 2.95. The third kappa shape index (κ3) is 4.42. The number of rotatable bonds is 8. The monoisotopic (exact) mass is 256 g/mol. The highest BCUT2D eigenvalue weighted by Crippen LogP contribution is 2.10. The molecule has 0 aromatic carbocycles. The van der Waals surface area contributed by atoms with Gasteiger partial charge in [-0.1, -0.05) is 13.8 Å². The first-order chi connectivity index (χ1) is 8.71. The van der Waals surface area contributed by atoms with E-state index in [1.54, 1.807) is 0 Å². The number of hydrogen-bond donors (Lipinski definition) is 3. The first-order valence-electron chi connectivity index (χ1n) is 6.16. The molecule has 0 saturated carbocycles. The van der Waals surface area contributed by atoms with Gasteiger partial charge < -0.3 is 10.2 Å². The van der Waals surface area contributed by atoms with Crippen molar-refractivity contribution in [3.8, 4) is 0 Å². The second kappa shape index (κ2) is 7.78. The zero-order valence-electron chi connectivity index (χ0n) is 10.9. The molecule has 0 amide bonds. The summed E-state index contributed by atoms with van der Waals surface area (Å²) in [6, 6.07) is 0. The number of hydrazine groups is 1.